The van der Waals surface area contributed by atoms with Crippen molar-refractivity contribution >= 4 is 15.9 Å². The van der Waals surface area contributed by atoms with Crippen LogP contribution in [0.5, 0.6) is 0 Å². The molecule has 1 fully saturated rings. The lowest BCUT2D eigenvalue weighted by Crippen LogP contribution is -2.30. The van der Waals surface area contributed by atoms with Crippen LogP contribution in [0.25, 0.3) is 0 Å². The molecule has 0 heterocycles. The average Bonchev–Trinajstić information content (AvgIpc) is 3.00. The zero-order chi connectivity index (χ0) is 10.7. The molecular formula is C12H17BrN2. The molecule has 0 radical (unpaired) electrons. The summed E-state index contributed by atoms with van der Waals surface area (Å²) in [6.45, 7) is 2.79. The van der Waals surface area contributed by atoms with Crippen molar-refractivity contribution in [1.29, 1.82) is 0 Å². The summed E-state index contributed by atoms with van der Waals surface area (Å²) in [6.07, 6.45) is 2.68. The van der Waals surface area contributed by atoms with Gasteiger partial charge in [-0.1, -0.05) is 28.1 Å². The minimum Gasteiger partial charge on any atom is -0.329 e. The van der Waals surface area contributed by atoms with Crippen molar-refractivity contribution < 1.29 is 0 Å². The molecule has 0 unspecified atom stereocenters. The van der Waals surface area contributed by atoms with Gasteiger partial charge in [-0.3, -0.25) is 4.90 Å². The molecule has 2 N–H and O–H groups in total. The second-order valence-corrected chi connectivity index (χ2v) is 5.04. The van der Waals surface area contributed by atoms with Crippen LogP contribution in [0.4, 0.5) is 0 Å². The fourth-order valence-corrected chi connectivity index (χ4v) is 2.31. The lowest BCUT2D eigenvalue weighted by molar-refractivity contribution is 0.262. The molecule has 0 atom stereocenters. The molecule has 3 heteroatoms. The van der Waals surface area contributed by atoms with E-state index in [2.05, 4.69) is 45.1 Å². The highest BCUT2D eigenvalue weighted by Crippen LogP contribution is 2.28. The standard InChI is InChI=1S/C12H17BrN2/c13-11-3-1-2-10(8-11)9-15(7-6-14)12-4-5-12/h1-3,8,12H,4-7,9,14H2. The lowest BCUT2D eigenvalue weighted by Gasteiger charge is -2.21. The van der Waals surface area contributed by atoms with Gasteiger partial charge in [-0.05, 0) is 30.5 Å². The summed E-state index contributed by atoms with van der Waals surface area (Å²) in [6, 6.07) is 9.30. The number of nitrogens with zero attached hydrogens (tertiary/aromatic N) is 1. The van der Waals surface area contributed by atoms with Crippen molar-refractivity contribution in [3.05, 3.63) is 34.3 Å². The van der Waals surface area contributed by atoms with Crippen LogP contribution in [0.1, 0.15) is 18.4 Å². The first kappa shape index (κ1) is 11.1. The van der Waals surface area contributed by atoms with Crippen LogP contribution >= 0.6 is 15.9 Å². The summed E-state index contributed by atoms with van der Waals surface area (Å²) in [4.78, 5) is 2.49. The topological polar surface area (TPSA) is 29.3 Å². The van der Waals surface area contributed by atoms with E-state index in [-0.39, 0.29) is 0 Å². The van der Waals surface area contributed by atoms with Gasteiger partial charge in [0.15, 0.2) is 0 Å². The molecule has 15 heavy (non-hydrogen) atoms. The third kappa shape index (κ3) is 3.30. The maximum atomic E-state index is 5.63. The van der Waals surface area contributed by atoms with E-state index >= 15 is 0 Å². The van der Waals surface area contributed by atoms with E-state index in [9.17, 15) is 0 Å². The predicted octanol–water partition coefficient (Wildman–Crippen LogP) is 2.37. The zero-order valence-corrected chi connectivity index (χ0v) is 10.4. The van der Waals surface area contributed by atoms with Crippen LogP contribution in [-0.2, 0) is 6.54 Å². The van der Waals surface area contributed by atoms with Crippen LogP contribution in [0.3, 0.4) is 0 Å². The van der Waals surface area contributed by atoms with Gasteiger partial charge in [-0.2, -0.15) is 0 Å². The smallest absolute Gasteiger partial charge is 0.0237 e. The summed E-state index contributed by atoms with van der Waals surface area (Å²) in [5, 5.41) is 0. The Balaban J connectivity index is 1.98. The van der Waals surface area contributed by atoms with E-state index in [0.717, 1.165) is 30.1 Å². The van der Waals surface area contributed by atoms with Crippen molar-refractivity contribution in [3.8, 4) is 0 Å². The van der Waals surface area contributed by atoms with Gasteiger partial charge in [0, 0.05) is 30.1 Å². The highest BCUT2D eigenvalue weighted by Gasteiger charge is 2.28. The van der Waals surface area contributed by atoms with Gasteiger partial charge in [0.2, 0.25) is 0 Å². The fraction of sp³-hybridized carbons (Fsp3) is 0.500. The molecule has 0 aliphatic heterocycles. The molecule has 0 bridgehead atoms. The molecule has 0 saturated heterocycles. The third-order valence-corrected chi connectivity index (χ3v) is 3.25. The third-order valence-electron chi connectivity index (χ3n) is 2.75. The number of benzene rings is 1. The van der Waals surface area contributed by atoms with E-state index in [1.807, 2.05) is 0 Å². The molecule has 1 saturated carbocycles. The van der Waals surface area contributed by atoms with Gasteiger partial charge in [0.25, 0.3) is 0 Å². The number of hydrogen-bond donors (Lipinski definition) is 1. The Kier molecular flexibility index (Phi) is 3.78. The maximum Gasteiger partial charge on any atom is 0.0237 e. The van der Waals surface area contributed by atoms with Crippen LogP contribution in [-0.4, -0.2) is 24.0 Å². The first-order chi connectivity index (χ1) is 7.29. The van der Waals surface area contributed by atoms with E-state index in [0.29, 0.717) is 0 Å². The summed E-state index contributed by atoms with van der Waals surface area (Å²) >= 11 is 3.50. The summed E-state index contributed by atoms with van der Waals surface area (Å²) in [7, 11) is 0. The first-order valence-electron chi connectivity index (χ1n) is 5.48. The van der Waals surface area contributed by atoms with Gasteiger partial charge in [0.1, 0.15) is 0 Å². The van der Waals surface area contributed by atoms with Crippen LogP contribution in [0, 0.1) is 0 Å². The number of rotatable bonds is 5. The zero-order valence-electron chi connectivity index (χ0n) is 8.82. The Hall–Kier alpha value is -0.380. The van der Waals surface area contributed by atoms with Gasteiger partial charge in [-0.15, -0.1) is 0 Å². The summed E-state index contributed by atoms with van der Waals surface area (Å²) in [5.41, 5.74) is 6.99. The highest BCUT2D eigenvalue weighted by atomic mass is 79.9. The largest absolute Gasteiger partial charge is 0.329 e. The monoisotopic (exact) mass is 268 g/mol. The molecule has 1 aromatic rings. The van der Waals surface area contributed by atoms with Crippen molar-refractivity contribution in [2.75, 3.05) is 13.1 Å². The number of halogens is 1. The van der Waals surface area contributed by atoms with Gasteiger partial charge >= 0.3 is 0 Å². The predicted molar refractivity (Wildman–Crippen MR) is 66.6 cm³/mol. The quantitative estimate of drug-likeness (QED) is 0.889. The van der Waals surface area contributed by atoms with Gasteiger partial charge < -0.3 is 5.73 Å². The van der Waals surface area contributed by atoms with Gasteiger partial charge in [0.05, 0.1) is 0 Å². The Morgan fingerprint density at radius 2 is 2.20 bits per heavy atom. The second-order valence-electron chi connectivity index (χ2n) is 4.12. The van der Waals surface area contributed by atoms with E-state index < -0.39 is 0 Å². The summed E-state index contributed by atoms with van der Waals surface area (Å²) in [5.74, 6) is 0. The van der Waals surface area contributed by atoms with Crippen LogP contribution < -0.4 is 5.73 Å². The van der Waals surface area contributed by atoms with E-state index in [4.69, 9.17) is 5.73 Å². The molecule has 82 valence electrons. The molecule has 0 spiro atoms. The van der Waals surface area contributed by atoms with Crippen LogP contribution in [0.15, 0.2) is 28.7 Å². The average molecular weight is 269 g/mol. The number of nitrogens with two attached hydrogens (primary N) is 1. The molecule has 1 aliphatic rings. The molecule has 0 aromatic heterocycles. The van der Waals surface area contributed by atoms with Crippen molar-refractivity contribution in [2.45, 2.75) is 25.4 Å². The van der Waals surface area contributed by atoms with Gasteiger partial charge in [-0.25, -0.2) is 0 Å². The van der Waals surface area contributed by atoms with Crippen LogP contribution in [0.2, 0.25) is 0 Å². The number of hydrogen-bond acceptors (Lipinski definition) is 2. The summed E-state index contributed by atoms with van der Waals surface area (Å²) < 4.78 is 1.16. The van der Waals surface area contributed by atoms with Crippen molar-refractivity contribution in [2.24, 2.45) is 5.73 Å². The molecule has 1 aromatic carbocycles. The first-order valence-corrected chi connectivity index (χ1v) is 6.27. The molecule has 0 amide bonds. The Morgan fingerprint density at radius 3 is 2.80 bits per heavy atom. The Bertz CT molecular complexity index is 323. The fourth-order valence-electron chi connectivity index (χ4n) is 1.87. The highest BCUT2D eigenvalue weighted by molar-refractivity contribution is 9.10. The SMILES string of the molecule is NCCN(Cc1cccc(Br)c1)C1CC1. The second kappa shape index (κ2) is 5.10. The van der Waals surface area contributed by atoms with E-state index in [1.165, 1.54) is 18.4 Å². The lowest BCUT2D eigenvalue weighted by atomic mass is 10.2. The van der Waals surface area contributed by atoms with E-state index in [1.54, 1.807) is 0 Å². The molecule has 2 rings (SSSR count). The molecule has 1 aliphatic carbocycles. The maximum absolute atomic E-state index is 5.63. The Morgan fingerprint density at radius 1 is 1.40 bits per heavy atom. The minimum atomic E-state index is 0.754. The Labute approximate surface area is 99.6 Å². The normalized spacial score (nSPS) is 15.9. The molecular weight excluding hydrogens is 252 g/mol. The van der Waals surface area contributed by atoms with Crippen molar-refractivity contribution in [3.63, 3.8) is 0 Å². The minimum absolute atomic E-state index is 0.754. The van der Waals surface area contributed by atoms with Crippen molar-refractivity contribution in [1.82, 2.24) is 4.90 Å². The molecule has 2 nitrogen and oxygen atoms in total.